The quantitative estimate of drug-likeness (QED) is 0.691. The maximum absolute atomic E-state index is 12.3. The molecule has 1 aromatic carbocycles. The summed E-state index contributed by atoms with van der Waals surface area (Å²) in [5, 5.41) is 0. The van der Waals surface area contributed by atoms with Gasteiger partial charge in [0.1, 0.15) is 0 Å². The molecule has 142 valence electrons. The number of rotatable bonds is 7. The number of benzene rings is 1. The first-order valence-corrected chi connectivity index (χ1v) is 9.10. The highest BCUT2D eigenvalue weighted by Crippen LogP contribution is 2.29. The van der Waals surface area contributed by atoms with Gasteiger partial charge >= 0.3 is 0 Å². The average molecular weight is 394 g/mol. The third kappa shape index (κ3) is 5.46. The molecule has 8 nitrogen and oxygen atoms in total. The van der Waals surface area contributed by atoms with Crippen LogP contribution in [0.15, 0.2) is 23.1 Å². The summed E-state index contributed by atoms with van der Waals surface area (Å²) in [7, 11) is -0.825. The maximum Gasteiger partial charge on any atom is 0.240 e. The number of nitrogens with one attached hydrogen (secondary N) is 1. The lowest BCUT2D eigenvalue weighted by atomic mass is 10.3. The third-order valence-electron chi connectivity index (χ3n) is 3.87. The molecule has 1 amide bonds. The van der Waals surface area contributed by atoms with Crippen molar-refractivity contribution in [2.24, 2.45) is 5.73 Å². The predicted octanol–water partition coefficient (Wildman–Crippen LogP) is 0.354. The lowest BCUT2D eigenvalue weighted by molar-refractivity contribution is -0.130. The molecule has 0 bridgehead atoms. The van der Waals surface area contributed by atoms with E-state index in [1.54, 1.807) is 4.90 Å². The van der Waals surface area contributed by atoms with Crippen molar-refractivity contribution in [2.45, 2.75) is 23.8 Å². The molecule has 1 aliphatic rings. The van der Waals surface area contributed by atoms with E-state index < -0.39 is 10.0 Å². The van der Waals surface area contributed by atoms with Gasteiger partial charge in [-0.3, -0.25) is 4.79 Å². The summed E-state index contributed by atoms with van der Waals surface area (Å²) < 4.78 is 37.2. The smallest absolute Gasteiger partial charge is 0.240 e. The number of amides is 1. The first-order chi connectivity index (χ1) is 11.4. The minimum absolute atomic E-state index is 0. The van der Waals surface area contributed by atoms with Gasteiger partial charge in [-0.25, -0.2) is 13.1 Å². The van der Waals surface area contributed by atoms with Gasteiger partial charge in [0.2, 0.25) is 15.9 Å². The molecule has 0 radical (unpaired) electrons. The Bertz CT molecular complexity index is 698. The number of sulfonamides is 1. The molecule has 0 saturated carbocycles. The summed E-state index contributed by atoms with van der Waals surface area (Å²) >= 11 is 0. The van der Waals surface area contributed by atoms with E-state index in [1.165, 1.54) is 32.4 Å². The fourth-order valence-corrected chi connectivity index (χ4v) is 3.58. The Hall–Kier alpha value is -1.55. The monoisotopic (exact) mass is 393 g/mol. The summed E-state index contributed by atoms with van der Waals surface area (Å²) in [6.45, 7) is 1.19. The zero-order chi connectivity index (χ0) is 17.7. The standard InChI is InChI=1S/C15H23N3O5S.ClH/c1-22-13-4-3-12(9-14(13)23-2)24(20,21)17-7-5-15(19)18-8-6-11(16)10-18;/h3-4,9,11,17H,5-8,10,16H2,1-2H3;1H/t11-;/m1./s1. The first kappa shape index (κ1) is 21.5. The van der Waals surface area contributed by atoms with Gasteiger partial charge in [-0.1, -0.05) is 0 Å². The predicted molar refractivity (Wildman–Crippen MR) is 95.8 cm³/mol. The molecule has 1 atom stereocenters. The third-order valence-corrected chi connectivity index (χ3v) is 5.33. The summed E-state index contributed by atoms with van der Waals surface area (Å²) in [5.74, 6) is 0.664. The Morgan fingerprint density at radius 2 is 2.00 bits per heavy atom. The number of halogens is 1. The lowest BCUT2D eigenvalue weighted by Crippen LogP contribution is -2.34. The van der Waals surface area contributed by atoms with Crippen LogP contribution in [0.3, 0.4) is 0 Å². The van der Waals surface area contributed by atoms with Gasteiger partial charge in [0.15, 0.2) is 11.5 Å². The number of ether oxygens (including phenoxy) is 2. The highest BCUT2D eigenvalue weighted by atomic mass is 35.5. The van der Waals surface area contributed by atoms with Crippen molar-refractivity contribution in [2.75, 3.05) is 33.9 Å². The normalized spacial score (nSPS) is 17.1. The second-order valence-corrected chi connectivity index (χ2v) is 7.32. The molecule has 3 N–H and O–H groups in total. The molecule has 10 heteroatoms. The SMILES string of the molecule is COc1ccc(S(=O)(=O)NCCC(=O)N2CC[C@@H](N)C2)cc1OC.Cl. The molecule has 1 aromatic rings. The molecule has 0 unspecified atom stereocenters. The van der Waals surface area contributed by atoms with Crippen LogP contribution in [0.25, 0.3) is 0 Å². The first-order valence-electron chi connectivity index (χ1n) is 7.62. The minimum atomic E-state index is -3.73. The number of hydrogen-bond donors (Lipinski definition) is 2. The molecule has 0 spiro atoms. The van der Waals surface area contributed by atoms with E-state index in [2.05, 4.69) is 4.72 Å². The molecular weight excluding hydrogens is 370 g/mol. The number of likely N-dealkylation sites (tertiary alicyclic amines) is 1. The van der Waals surface area contributed by atoms with Crippen molar-refractivity contribution in [3.8, 4) is 11.5 Å². The lowest BCUT2D eigenvalue weighted by Gasteiger charge is -2.16. The summed E-state index contributed by atoms with van der Waals surface area (Å²) in [6, 6.07) is 4.33. The zero-order valence-corrected chi connectivity index (χ0v) is 15.9. The van der Waals surface area contributed by atoms with Crippen LogP contribution in [-0.4, -0.2) is 59.1 Å². The van der Waals surface area contributed by atoms with Crippen molar-refractivity contribution in [1.29, 1.82) is 0 Å². The van der Waals surface area contributed by atoms with Gasteiger partial charge < -0.3 is 20.1 Å². The Morgan fingerprint density at radius 1 is 1.32 bits per heavy atom. The topological polar surface area (TPSA) is 111 Å². The number of carbonyl (C=O) groups excluding carboxylic acids is 1. The largest absolute Gasteiger partial charge is 0.493 e. The van der Waals surface area contributed by atoms with Crippen LogP contribution in [0.1, 0.15) is 12.8 Å². The van der Waals surface area contributed by atoms with Gasteiger partial charge in [0, 0.05) is 38.2 Å². The van der Waals surface area contributed by atoms with E-state index in [1.807, 2.05) is 0 Å². The van der Waals surface area contributed by atoms with Crippen LogP contribution >= 0.6 is 12.4 Å². The van der Waals surface area contributed by atoms with Crippen molar-refractivity contribution < 1.29 is 22.7 Å². The number of methoxy groups -OCH3 is 2. The van der Waals surface area contributed by atoms with E-state index in [9.17, 15) is 13.2 Å². The average Bonchev–Trinajstić information content (AvgIpc) is 3.00. The van der Waals surface area contributed by atoms with Crippen molar-refractivity contribution in [3.05, 3.63) is 18.2 Å². The van der Waals surface area contributed by atoms with Gasteiger partial charge in [-0.2, -0.15) is 0 Å². The van der Waals surface area contributed by atoms with E-state index in [0.29, 0.717) is 24.6 Å². The number of hydrogen-bond acceptors (Lipinski definition) is 6. The molecular formula is C15H24ClN3O5S. The van der Waals surface area contributed by atoms with Gasteiger partial charge in [0.05, 0.1) is 19.1 Å². The molecule has 1 fully saturated rings. The Labute approximate surface area is 154 Å². The van der Waals surface area contributed by atoms with E-state index >= 15 is 0 Å². The van der Waals surface area contributed by atoms with Gasteiger partial charge in [-0.05, 0) is 18.6 Å². The van der Waals surface area contributed by atoms with Crippen LogP contribution in [-0.2, 0) is 14.8 Å². The molecule has 1 aliphatic heterocycles. The molecule has 0 aromatic heterocycles. The maximum atomic E-state index is 12.3. The Balaban J connectivity index is 0.00000312. The number of nitrogens with zero attached hydrogens (tertiary/aromatic N) is 1. The van der Waals surface area contributed by atoms with Crippen LogP contribution in [0, 0.1) is 0 Å². The van der Waals surface area contributed by atoms with Gasteiger partial charge in [0.25, 0.3) is 0 Å². The van der Waals surface area contributed by atoms with Crippen molar-refractivity contribution >= 4 is 28.3 Å². The second kappa shape index (κ2) is 9.23. The van der Waals surface area contributed by atoms with Crippen LogP contribution in [0.5, 0.6) is 11.5 Å². The van der Waals surface area contributed by atoms with Crippen molar-refractivity contribution in [3.63, 3.8) is 0 Å². The molecule has 1 saturated heterocycles. The minimum Gasteiger partial charge on any atom is -0.493 e. The van der Waals surface area contributed by atoms with Crippen LogP contribution < -0.4 is 19.9 Å². The number of nitrogens with two attached hydrogens (primary N) is 1. The molecule has 1 heterocycles. The summed E-state index contributed by atoms with van der Waals surface area (Å²) in [6.07, 6.45) is 0.877. The second-order valence-electron chi connectivity index (χ2n) is 5.55. The summed E-state index contributed by atoms with van der Waals surface area (Å²) in [4.78, 5) is 13.7. The highest BCUT2D eigenvalue weighted by molar-refractivity contribution is 7.89. The van der Waals surface area contributed by atoms with E-state index in [0.717, 1.165) is 6.42 Å². The molecule has 25 heavy (non-hydrogen) atoms. The molecule has 2 rings (SSSR count). The summed E-state index contributed by atoms with van der Waals surface area (Å²) in [5.41, 5.74) is 5.76. The Morgan fingerprint density at radius 3 is 2.56 bits per heavy atom. The fraction of sp³-hybridized carbons (Fsp3) is 0.533. The van der Waals surface area contributed by atoms with Crippen molar-refractivity contribution in [1.82, 2.24) is 9.62 Å². The van der Waals surface area contributed by atoms with Crippen LogP contribution in [0.2, 0.25) is 0 Å². The Kier molecular flexibility index (Phi) is 7.94. The van der Waals surface area contributed by atoms with E-state index in [4.69, 9.17) is 15.2 Å². The highest BCUT2D eigenvalue weighted by Gasteiger charge is 2.24. The van der Waals surface area contributed by atoms with E-state index in [-0.39, 0.29) is 42.2 Å². The van der Waals surface area contributed by atoms with Crippen LogP contribution in [0.4, 0.5) is 0 Å². The molecule has 0 aliphatic carbocycles. The van der Waals surface area contributed by atoms with Gasteiger partial charge in [-0.15, -0.1) is 12.4 Å². The fourth-order valence-electron chi connectivity index (χ4n) is 2.53. The number of carbonyl (C=O) groups is 1. The zero-order valence-electron chi connectivity index (χ0n) is 14.2.